The van der Waals surface area contributed by atoms with Crippen LogP contribution < -0.4 is 10.1 Å². The van der Waals surface area contributed by atoms with Crippen molar-refractivity contribution in [1.82, 2.24) is 5.32 Å². The number of hydrogen-bond donors (Lipinski definition) is 1. The number of rotatable bonds is 6. The van der Waals surface area contributed by atoms with Crippen LogP contribution in [0.4, 0.5) is 0 Å². The molecule has 0 saturated heterocycles. The molecule has 2 rings (SSSR count). The van der Waals surface area contributed by atoms with E-state index >= 15 is 0 Å². The first-order valence-electron chi connectivity index (χ1n) is 8.16. The smallest absolute Gasteiger partial charge is 0.124 e. The van der Waals surface area contributed by atoms with Crippen molar-refractivity contribution in [1.29, 1.82) is 0 Å². The van der Waals surface area contributed by atoms with E-state index in [9.17, 15) is 0 Å². The Morgan fingerprint density at radius 1 is 1.20 bits per heavy atom. The molecule has 1 aromatic rings. The quantitative estimate of drug-likeness (QED) is 0.774. The highest BCUT2D eigenvalue weighted by Crippen LogP contribution is 2.29. The highest BCUT2D eigenvalue weighted by molar-refractivity contribution is 5.37. The third-order valence-corrected chi connectivity index (χ3v) is 4.21. The number of benzene rings is 1. The summed E-state index contributed by atoms with van der Waals surface area (Å²) in [5.41, 5.74) is 2.61. The van der Waals surface area contributed by atoms with E-state index in [0.29, 0.717) is 6.10 Å². The van der Waals surface area contributed by atoms with Crippen LogP contribution in [0, 0.1) is 12.8 Å². The number of ether oxygens (including phenoxy) is 1. The van der Waals surface area contributed by atoms with Gasteiger partial charge in [0.1, 0.15) is 5.75 Å². The molecule has 112 valence electrons. The van der Waals surface area contributed by atoms with Crippen LogP contribution in [0.5, 0.6) is 5.75 Å². The zero-order valence-corrected chi connectivity index (χ0v) is 13.2. The zero-order valence-electron chi connectivity index (χ0n) is 13.2. The highest BCUT2D eigenvalue weighted by Gasteiger charge is 2.20. The van der Waals surface area contributed by atoms with Gasteiger partial charge >= 0.3 is 0 Å². The van der Waals surface area contributed by atoms with Gasteiger partial charge in [0.15, 0.2) is 0 Å². The van der Waals surface area contributed by atoms with E-state index in [1.807, 2.05) is 0 Å². The maximum atomic E-state index is 6.28. The molecule has 1 aliphatic rings. The SMILES string of the molecule is CCCNCc1cc(C)ccc1OC1CCC(C)CC1. The molecule has 0 bridgehead atoms. The summed E-state index contributed by atoms with van der Waals surface area (Å²) < 4.78 is 6.28. The first-order valence-corrected chi connectivity index (χ1v) is 8.16. The molecule has 0 heterocycles. The molecule has 0 unspecified atom stereocenters. The van der Waals surface area contributed by atoms with Crippen molar-refractivity contribution < 1.29 is 4.74 Å². The molecular weight excluding hydrogens is 246 g/mol. The monoisotopic (exact) mass is 275 g/mol. The number of hydrogen-bond acceptors (Lipinski definition) is 2. The fourth-order valence-electron chi connectivity index (χ4n) is 2.89. The summed E-state index contributed by atoms with van der Waals surface area (Å²) in [7, 11) is 0. The van der Waals surface area contributed by atoms with Gasteiger partial charge in [-0.25, -0.2) is 0 Å². The van der Waals surface area contributed by atoms with E-state index in [2.05, 4.69) is 44.3 Å². The number of aryl methyl sites for hydroxylation is 1. The van der Waals surface area contributed by atoms with Crippen molar-refractivity contribution in [3.63, 3.8) is 0 Å². The standard InChI is InChI=1S/C18H29NO/c1-4-11-19-13-16-12-15(3)7-10-18(16)20-17-8-5-14(2)6-9-17/h7,10,12,14,17,19H,4-6,8-9,11,13H2,1-3H3. The molecule has 0 amide bonds. The van der Waals surface area contributed by atoms with Crippen LogP contribution in [-0.4, -0.2) is 12.6 Å². The summed E-state index contributed by atoms with van der Waals surface area (Å²) in [6.45, 7) is 8.67. The Balaban J connectivity index is 1.98. The highest BCUT2D eigenvalue weighted by atomic mass is 16.5. The molecule has 1 saturated carbocycles. The minimum Gasteiger partial charge on any atom is -0.490 e. The third kappa shape index (κ3) is 4.52. The molecule has 0 radical (unpaired) electrons. The van der Waals surface area contributed by atoms with Crippen molar-refractivity contribution in [2.24, 2.45) is 5.92 Å². The molecule has 2 heteroatoms. The van der Waals surface area contributed by atoms with Crippen molar-refractivity contribution in [3.05, 3.63) is 29.3 Å². The molecule has 1 N–H and O–H groups in total. The predicted octanol–water partition coefficient (Wildman–Crippen LogP) is 4.45. The van der Waals surface area contributed by atoms with Gasteiger partial charge in [-0.05, 0) is 57.6 Å². The molecule has 0 aliphatic heterocycles. The Morgan fingerprint density at radius 2 is 1.95 bits per heavy atom. The predicted molar refractivity (Wildman–Crippen MR) is 85.2 cm³/mol. The molecule has 20 heavy (non-hydrogen) atoms. The fraction of sp³-hybridized carbons (Fsp3) is 0.667. The van der Waals surface area contributed by atoms with Gasteiger partial charge < -0.3 is 10.1 Å². The second-order valence-corrected chi connectivity index (χ2v) is 6.29. The summed E-state index contributed by atoms with van der Waals surface area (Å²) in [6, 6.07) is 6.56. The van der Waals surface area contributed by atoms with Crippen LogP contribution >= 0.6 is 0 Å². The lowest BCUT2D eigenvalue weighted by molar-refractivity contribution is 0.134. The molecule has 1 fully saturated rings. The average Bonchev–Trinajstić information content (AvgIpc) is 2.44. The van der Waals surface area contributed by atoms with Crippen LogP contribution in [0.3, 0.4) is 0 Å². The number of nitrogens with one attached hydrogen (secondary N) is 1. The lowest BCUT2D eigenvalue weighted by atomic mass is 9.89. The van der Waals surface area contributed by atoms with E-state index in [0.717, 1.165) is 24.8 Å². The van der Waals surface area contributed by atoms with Gasteiger partial charge in [0.05, 0.1) is 6.10 Å². The fourth-order valence-corrected chi connectivity index (χ4v) is 2.89. The van der Waals surface area contributed by atoms with Crippen molar-refractivity contribution in [2.75, 3.05) is 6.54 Å². The molecule has 0 atom stereocenters. The largest absolute Gasteiger partial charge is 0.490 e. The molecular formula is C18H29NO. The summed E-state index contributed by atoms with van der Waals surface area (Å²) in [5, 5.41) is 3.48. The minimum atomic E-state index is 0.416. The lowest BCUT2D eigenvalue weighted by Crippen LogP contribution is -2.24. The van der Waals surface area contributed by atoms with Gasteiger partial charge in [-0.15, -0.1) is 0 Å². The zero-order chi connectivity index (χ0) is 14.4. The van der Waals surface area contributed by atoms with E-state index in [1.54, 1.807) is 0 Å². The van der Waals surface area contributed by atoms with Crippen molar-refractivity contribution >= 4 is 0 Å². The summed E-state index contributed by atoms with van der Waals surface area (Å²) in [6.07, 6.45) is 6.61. The lowest BCUT2D eigenvalue weighted by Gasteiger charge is -2.28. The van der Waals surface area contributed by atoms with Crippen LogP contribution in [-0.2, 0) is 6.54 Å². The van der Waals surface area contributed by atoms with Crippen molar-refractivity contribution in [3.8, 4) is 5.75 Å². The van der Waals surface area contributed by atoms with Gasteiger partial charge in [0.25, 0.3) is 0 Å². The van der Waals surface area contributed by atoms with Crippen LogP contribution in [0.2, 0.25) is 0 Å². The minimum absolute atomic E-state index is 0.416. The Kier molecular flexibility index (Phi) is 5.90. The average molecular weight is 275 g/mol. The van der Waals surface area contributed by atoms with E-state index in [-0.39, 0.29) is 0 Å². The Labute approximate surface area is 123 Å². The second kappa shape index (κ2) is 7.68. The van der Waals surface area contributed by atoms with E-state index in [4.69, 9.17) is 4.74 Å². The van der Waals surface area contributed by atoms with Gasteiger partial charge in [-0.2, -0.15) is 0 Å². The van der Waals surface area contributed by atoms with Crippen LogP contribution in [0.25, 0.3) is 0 Å². The molecule has 0 aromatic heterocycles. The van der Waals surface area contributed by atoms with E-state index in [1.165, 1.54) is 43.2 Å². The molecule has 0 spiro atoms. The molecule has 1 aromatic carbocycles. The summed E-state index contributed by atoms with van der Waals surface area (Å²) in [5.74, 6) is 1.96. The first-order chi connectivity index (χ1) is 9.69. The van der Waals surface area contributed by atoms with Crippen LogP contribution in [0.1, 0.15) is 57.1 Å². The van der Waals surface area contributed by atoms with Gasteiger partial charge in [-0.1, -0.05) is 31.5 Å². The topological polar surface area (TPSA) is 21.3 Å². The van der Waals surface area contributed by atoms with Gasteiger partial charge in [0.2, 0.25) is 0 Å². The Bertz CT molecular complexity index is 408. The van der Waals surface area contributed by atoms with E-state index < -0.39 is 0 Å². The Hall–Kier alpha value is -1.02. The van der Waals surface area contributed by atoms with Gasteiger partial charge in [0, 0.05) is 12.1 Å². The summed E-state index contributed by atoms with van der Waals surface area (Å²) in [4.78, 5) is 0. The summed E-state index contributed by atoms with van der Waals surface area (Å²) >= 11 is 0. The second-order valence-electron chi connectivity index (χ2n) is 6.29. The first kappa shape index (κ1) is 15.4. The van der Waals surface area contributed by atoms with Crippen LogP contribution in [0.15, 0.2) is 18.2 Å². The third-order valence-electron chi connectivity index (χ3n) is 4.21. The van der Waals surface area contributed by atoms with Crippen molar-refractivity contribution in [2.45, 2.75) is 65.5 Å². The van der Waals surface area contributed by atoms with Gasteiger partial charge in [-0.3, -0.25) is 0 Å². The molecule has 1 aliphatic carbocycles. The molecule has 2 nitrogen and oxygen atoms in total. The maximum Gasteiger partial charge on any atom is 0.124 e. The Morgan fingerprint density at radius 3 is 2.65 bits per heavy atom. The normalized spacial score (nSPS) is 22.8. The maximum absolute atomic E-state index is 6.28.